The number of nitrogens with two attached hydrogens (primary N) is 1. The molecule has 0 aromatic rings. The molecule has 2 heterocycles. The second-order valence-corrected chi connectivity index (χ2v) is 7.27. The second-order valence-electron chi connectivity index (χ2n) is 6.18. The van der Waals surface area contributed by atoms with Crippen molar-refractivity contribution in [1.82, 2.24) is 0 Å². The van der Waals surface area contributed by atoms with Crippen LogP contribution in [0.1, 0.15) is 0 Å². The van der Waals surface area contributed by atoms with Crippen molar-refractivity contribution in [2.45, 2.75) is 61.3 Å². The lowest BCUT2D eigenvalue weighted by atomic mass is 9.96. The molecule has 0 aromatic heterocycles. The maximum atomic E-state index is 11.3. The molecule has 2 aliphatic rings. The van der Waals surface area contributed by atoms with E-state index in [0.29, 0.717) is 0 Å². The summed E-state index contributed by atoms with van der Waals surface area (Å²) in [5, 5.41) is 58.1. The highest BCUT2D eigenvalue weighted by atomic mass is 32.3. The fourth-order valence-corrected chi connectivity index (χ4v) is 3.03. The van der Waals surface area contributed by atoms with Gasteiger partial charge in [0.25, 0.3) is 0 Å². The molecule has 10 atom stereocenters. The molecule has 15 nitrogen and oxygen atoms in total. The Bertz CT molecular complexity index is 659. The van der Waals surface area contributed by atoms with E-state index in [1.54, 1.807) is 0 Å². The Hall–Kier alpha value is -1.02. The first-order valence-electron chi connectivity index (χ1n) is 7.80. The van der Waals surface area contributed by atoms with Gasteiger partial charge < -0.3 is 50.6 Å². The van der Waals surface area contributed by atoms with Crippen molar-refractivity contribution in [3.63, 3.8) is 0 Å². The van der Waals surface area contributed by atoms with Crippen LogP contribution in [0.3, 0.4) is 0 Å². The molecule has 9 N–H and O–H groups in total. The predicted molar refractivity (Wildman–Crippen MR) is 81.6 cm³/mol. The van der Waals surface area contributed by atoms with Crippen LogP contribution in [0.25, 0.3) is 0 Å². The lowest BCUT2D eigenvalue weighted by molar-refractivity contribution is -0.333. The third-order valence-corrected chi connectivity index (χ3v) is 4.66. The van der Waals surface area contributed by atoms with Crippen LogP contribution in [0.4, 0.5) is 0 Å². The van der Waals surface area contributed by atoms with Gasteiger partial charge in [0.2, 0.25) is 0 Å². The quantitative estimate of drug-likeness (QED) is 0.181. The van der Waals surface area contributed by atoms with Crippen LogP contribution in [0.2, 0.25) is 0 Å². The normalized spacial score (nSPS) is 45.0. The maximum absolute atomic E-state index is 11.3. The number of carboxylic acid groups (broad SMARTS) is 1. The summed E-state index contributed by atoms with van der Waals surface area (Å²) < 4.78 is 49.0. The van der Waals surface area contributed by atoms with Gasteiger partial charge in [-0.25, -0.2) is 8.98 Å². The van der Waals surface area contributed by atoms with Crippen molar-refractivity contribution in [1.29, 1.82) is 0 Å². The molecule has 28 heavy (non-hydrogen) atoms. The van der Waals surface area contributed by atoms with E-state index in [2.05, 4.69) is 8.92 Å². The Balaban J connectivity index is 2.18. The van der Waals surface area contributed by atoms with E-state index in [1.807, 2.05) is 0 Å². The fraction of sp³-hybridized carbons (Fsp3) is 0.917. The van der Waals surface area contributed by atoms with E-state index in [4.69, 9.17) is 24.9 Å². The van der Waals surface area contributed by atoms with Crippen LogP contribution < -0.4 is 5.73 Å². The van der Waals surface area contributed by atoms with Crippen LogP contribution >= 0.6 is 0 Å². The molecule has 0 aromatic carbocycles. The minimum absolute atomic E-state index is 0.961. The van der Waals surface area contributed by atoms with Crippen molar-refractivity contribution in [3.8, 4) is 0 Å². The number of aliphatic hydroxyl groups is 5. The standard InChI is InChI=1S/C12H21NO14S/c13-3-5(15)4(14)2(1-24-28(21,22)23)25-12(3)27-8-6(16)7(17)11(20)26-9(8)10(18)19/h2-9,11-12,14-17,20H,1,13H2,(H,18,19)(H,21,22,23)/t2-,3-,4-,5-,6-,7-,8+,9-,11-,12-/m1/s1. The van der Waals surface area contributed by atoms with Crippen molar-refractivity contribution < 1.29 is 66.8 Å². The van der Waals surface area contributed by atoms with E-state index in [0.717, 1.165) is 0 Å². The molecule has 0 bridgehead atoms. The number of hydrogen-bond acceptors (Lipinski definition) is 13. The third-order valence-electron chi connectivity index (χ3n) is 4.23. The Morgan fingerprint density at radius 1 is 1.00 bits per heavy atom. The average Bonchev–Trinajstić information content (AvgIpc) is 2.59. The summed E-state index contributed by atoms with van der Waals surface area (Å²) in [6.07, 6.45) is -16.6. The highest BCUT2D eigenvalue weighted by Crippen LogP contribution is 2.28. The summed E-state index contributed by atoms with van der Waals surface area (Å²) >= 11 is 0. The Kier molecular flexibility index (Phi) is 7.29. The van der Waals surface area contributed by atoms with Gasteiger partial charge in [-0.2, -0.15) is 8.42 Å². The molecule has 0 radical (unpaired) electrons. The first-order chi connectivity index (χ1) is 12.8. The number of carboxylic acids is 1. The minimum atomic E-state index is -4.91. The van der Waals surface area contributed by atoms with Crippen LogP contribution in [-0.4, -0.2) is 118 Å². The lowest BCUT2D eigenvalue weighted by Crippen LogP contribution is -2.66. The molecule has 2 aliphatic heterocycles. The summed E-state index contributed by atoms with van der Waals surface area (Å²) in [7, 11) is -4.91. The topological polar surface area (TPSA) is 256 Å². The van der Waals surface area contributed by atoms with Crippen LogP contribution in [0.5, 0.6) is 0 Å². The fourth-order valence-electron chi connectivity index (χ4n) is 2.72. The van der Waals surface area contributed by atoms with Gasteiger partial charge >= 0.3 is 16.4 Å². The number of carbonyl (C=O) groups is 1. The number of aliphatic carboxylic acids is 1. The zero-order chi connectivity index (χ0) is 21.4. The van der Waals surface area contributed by atoms with Gasteiger partial charge in [0.15, 0.2) is 18.7 Å². The van der Waals surface area contributed by atoms with Gasteiger partial charge in [0, 0.05) is 0 Å². The SMILES string of the molecule is N[C@H]1[C@@H](O[C@H]2[C@H](O)[C@@H](O)[C@H](O)O[C@H]2C(=O)O)O[C@H](COS(=O)(=O)O)[C@@H](O)[C@@H]1O. The molecule has 2 fully saturated rings. The van der Waals surface area contributed by atoms with E-state index >= 15 is 0 Å². The minimum Gasteiger partial charge on any atom is -0.479 e. The molecule has 0 unspecified atom stereocenters. The summed E-state index contributed by atoms with van der Waals surface area (Å²) in [5.41, 5.74) is 5.65. The molecule has 2 rings (SSSR count). The Morgan fingerprint density at radius 2 is 1.61 bits per heavy atom. The number of ether oxygens (including phenoxy) is 3. The molecular formula is C12H21NO14S. The molecule has 164 valence electrons. The Morgan fingerprint density at radius 3 is 2.14 bits per heavy atom. The first-order valence-corrected chi connectivity index (χ1v) is 9.17. The van der Waals surface area contributed by atoms with Gasteiger partial charge in [-0.15, -0.1) is 0 Å². The van der Waals surface area contributed by atoms with Gasteiger partial charge in [-0.1, -0.05) is 0 Å². The monoisotopic (exact) mass is 435 g/mol. The number of rotatable bonds is 6. The highest BCUT2D eigenvalue weighted by molar-refractivity contribution is 7.80. The van der Waals surface area contributed by atoms with E-state index in [1.165, 1.54) is 0 Å². The number of hydrogen-bond donors (Lipinski definition) is 8. The van der Waals surface area contributed by atoms with Gasteiger partial charge in [-0.05, 0) is 0 Å². The van der Waals surface area contributed by atoms with Crippen LogP contribution in [-0.2, 0) is 33.6 Å². The third kappa shape index (κ3) is 5.12. The Labute approximate surface area is 157 Å². The molecule has 0 aliphatic carbocycles. The van der Waals surface area contributed by atoms with Crippen molar-refractivity contribution >= 4 is 16.4 Å². The summed E-state index contributed by atoms with van der Waals surface area (Å²) in [4.78, 5) is 11.3. The zero-order valence-electron chi connectivity index (χ0n) is 14.0. The van der Waals surface area contributed by atoms with Crippen LogP contribution in [0.15, 0.2) is 0 Å². The molecular weight excluding hydrogens is 414 g/mol. The zero-order valence-corrected chi connectivity index (χ0v) is 14.8. The maximum Gasteiger partial charge on any atom is 0.397 e. The van der Waals surface area contributed by atoms with Gasteiger partial charge in [0.05, 0.1) is 12.6 Å². The summed E-state index contributed by atoms with van der Waals surface area (Å²) in [6, 6.07) is -1.51. The van der Waals surface area contributed by atoms with Gasteiger partial charge in [-0.3, -0.25) is 4.55 Å². The van der Waals surface area contributed by atoms with Crippen LogP contribution in [0, 0.1) is 0 Å². The van der Waals surface area contributed by atoms with Crippen molar-refractivity contribution in [2.75, 3.05) is 6.61 Å². The smallest absolute Gasteiger partial charge is 0.397 e. The molecule has 16 heteroatoms. The van der Waals surface area contributed by atoms with E-state index < -0.39 is 84.3 Å². The van der Waals surface area contributed by atoms with Crippen molar-refractivity contribution in [2.24, 2.45) is 5.73 Å². The van der Waals surface area contributed by atoms with E-state index in [9.17, 15) is 38.7 Å². The van der Waals surface area contributed by atoms with Gasteiger partial charge in [0.1, 0.15) is 36.6 Å². The second kappa shape index (κ2) is 8.78. The number of aliphatic hydroxyl groups excluding tert-OH is 5. The average molecular weight is 435 g/mol. The van der Waals surface area contributed by atoms with E-state index in [-0.39, 0.29) is 0 Å². The largest absolute Gasteiger partial charge is 0.479 e. The predicted octanol–water partition coefficient (Wildman–Crippen LogP) is -5.51. The molecule has 0 amide bonds. The lowest BCUT2D eigenvalue weighted by Gasteiger charge is -2.45. The van der Waals surface area contributed by atoms with Crippen molar-refractivity contribution in [3.05, 3.63) is 0 Å². The molecule has 2 saturated heterocycles. The molecule has 0 saturated carbocycles. The summed E-state index contributed by atoms with van der Waals surface area (Å²) in [6.45, 7) is -0.961. The first kappa shape index (κ1) is 23.3. The molecule has 0 spiro atoms. The highest BCUT2D eigenvalue weighted by Gasteiger charge is 2.52. The summed E-state index contributed by atoms with van der Waals surface area (Å²) in [5.74, 6) is -1.67.